The molecular formula is C12H23NO3. The van der Waals surface area contributed by atoms with Gasteiger partial charge in [-0.05, 0) is 39.5 Å². The number of nitrogens with one attached hydrogen (secondary N) is 1. The fourth-order valence-electron chi connectivity index (χ4n) is 1.69. The maximum Gasteiger partial charge on any atom is 0.251 e. The van der Waals surface area contributed by atoms with Crippen molar-refractivity contribution in [3.05, 3.63) is 0 Å². The van der Waals surface area contributed by atoms with Crippen LogP contribution in [0, 0.1) is 0 Å². The molecule has 0 aliphatic carbocycles. The molecule has 0 spiro atoms. The van der Waals surface area contributed by atoms with E-state index in [4.69, 9.17) is 9.47 Å². The van der Waals surface area contributed by atoms with Gasteiger partial charge in [0.15, 0.2) is 0 Å². The van der Waals surface area contributed by atoms with Crippen molar-refractivity contribution in [3.8, 4) is 0 Å². The van der Waals surface area contributed by atoms with E-state index in [1.54, 1.807) is 21.0 Å². The molecular weight excluding hydrogens is 206 g/mol. The van der Waals surface area contributed by atoms with Crippen molar-refractivity contribution in [1.29, 1.82) is 0 Å². The molecule has 1 atom stereocenters. The van der Waals surface area contributed by atoms with Gasteiger partial charge in [0.05, 0.1) is 6.10 Å². The molecule has 0 radical (unpaired) electrons. The molecule has 0 aromatic heterocycles. The minimum absolute atomic E-state index is 0.0641. The minimum Gasteiger partial charge on any atom is -0.378 e. The van der Waals surface area contributed by atoms with Gasteiger partial charge in [0, 0.05) is 20.3 Å². The van der Waals surface area contributed by atoms with Crippen LogP contribution in [0.15, 0.2) is 0 Å². The van der Waals surface area contributed by atoms with Crippen molar-refractivity contribution in [3.63, 3.8) is 0 Å². The highest BCUT2D eigenvalue weighted by molar-refractivity contribution is 5.84. The summed E-state index contributed by atoms with van der Waals surface area (Å²) in [5.41, 5.74) is -0.743. The smallest absolute Gasteiger partial charge is 0.251 e. The standard InChI is InChI=1S/C12H23NO3/c1-12(2,15-3)11(14)13-8-7-10-6-4-5-9-16-10/h10H,4-9H2,1-3H3,(H,13,14). The third-order valence-electron chi connectivity index (χ3n) is 3.08. The Morgan fingerprint density at radius 2 is 2.25 bits per heavy atom. The van der Waals surface area contributed by atoms with Gasteiger partial charge in [0.2, 0.25) is 0 Å². The summed E-state index contributed by atoms with van der Waals surface area (Å²) in [5, 5.41) is 2.88. The van der Waals surface area contributed by atoms with Crippen LogP contribution in [0.1, 0.15) is 39.5 Å². The van der Waals surface area contributed by atoms with Crippen LogP contribution in [0.4, 0.5) is 0 Å². The Morgan fingerprint density at radius 1 is 1.50 bits per heavy atom. The first-order chi connectivity index (χ1) is 7.56. The van der Waals surface area contributed by atoms with E-state index >= 15 is 0 Å². The van der Waals surface area contributed by atoms with E-state index in [1.807, 2.05) is 0 Å². The summed E-state index contributed by atoms with van der Waals surface area (Å²) in [6.07, 6.45) is 4.73. The lowest BCUT2D eigenvalue weighted by atomic mass is 10.1. The van der Waals surface area contributed by atoms with Crippen LogP contribution in [0.2, 0.25) is 0 Å². The van der Waals surface area contributed by atoms with E-state index in [9.17, 15) is 4.79 Å². The number of hydrogen-bond donors (Lipinski definition) is 1. The lowest BCUT2D eigenvalue weighted by Crippen LogP contribution is -2.44. The SMILES string of the molecule is COC(C)(C)C(=O)NCCC1CCCCO1. The van der Waals surface area contributed by atoms with Gasteiger partial charge in [-0.1, -0.05) is 0 Å². The Balaban J connectivity index is 2.17. The van der Waals surface area contributed by atoms with Crippen LogP contribution >= 0.6 is 0 Å². The molecule has 4 nitrogen and oxygen atoms in total. The van der Waals surface area contributed by atoms with E-state index < -0.39 is 5.60 Å². The zero-order valence-corrected chi connectivity index (χ0v) is 10.5. The van der Waals surface area contributed by atoms with E-state index in [0.717, 1.165) is 19.4 Å². The molecule has 1 aliphatic heterocycles. The average Bonchev–Trinajstić information content (AvgIpc) is 2.30. The van der Waals surface area contributed by atoms with Crippen LogP contribution in [-0.2, 0) is 14.3 Å². The molecule has 0 aromatic carbocycles. The van der Waals surface area contributed by atoms with Crippen molar-refractivity contribution in [2.24, 2.45) is 0 Å². The maximum atomic E-state index is 11.7. The molecule has 0 aromatic rings. The molecule has 4 heteroatoms. The number of amides is 1. The molecule has 0 saturated carbocycles. The van der Waals surface area contributed by atoms with Crippen LogP contribution in [0.3, 0.4) is 0 Å². The quantitative estimate of drug-likeness (QED) is 0.777. The first kappa shape index (κ1) is 13.5. The largest absolute Gasteiger partial charge is 0.378 e. The molecule has 1 aliphatic rings. The molecule has 0 bridgehead atoms. The number of rotatable bonds is 5. The monoisotopic (exact) mass is 229 g/mol. The third-order valence-corrected chi connectivity index (χ3v) is 3.08. The van der Waals surface area contributed by atoms with Gasteiger partial charge in [0.25, 0.3) is 5.91 Å². The highest BCUT2D eigenvalue weighted by Crippen LogP contribution is 2.15. The van der Waals surface area contributed by atoms with E-state index in [-0.39, 0.29) is 5.91 Å². The second kappa shape index (κ2) is 6.21. The van der Waals surface area contributed by atoms with E-state index in [2.05, 4.69) is 5.32 Å². The Morgan fingerprint density at radius 3 is 2.81 bits per heavy atom. The van der Waals surface area contributed by atoms with Gasteiger partial charge < -0.3 is 14.8 Å². The van der Waals surface area contributed by atoms with Crippen LogP contribution in [0.25, 0.3) is 0 Å². The lowest BCUT2D eigenvalue weighted by molar-refractivity contribution is -0.139. The van der Waals surface area contributed by atoms with Crippen LogP contribution < -0.4 is 5.32 Å². The van der Waals surface area contributed by atoms with E-state index in [0.29, 0.717) is 12.6 Å². The summed E-state index contributed by atoms with van der Waals surface area (Å²) >= 11 is 0. The van der Waals surface area contributed by atoms with Crippen molar-refractivity contribution >= 4 is 5.91 Å². The zero-order valence-electron chi connectivity index (χ0n) is 10.5. The second-order valence-electron chi connectivity index (χ2n) is 4.75. The average molecular weight is 229 g/mol. The highest BCUT2D eigenvalue weighted by Gasteiger charge is 2.26. The number of carbonyl (C=O) groups is 1. The van der Waals surface area contributed by atoms with E-state index in [1.165, 1.54) is 12.8 Å². The fourth-order valence-corrected chi connectivity index (χ4v) is 1.69. The molecule has 94 valence electrons. The van der Waals surface area contributed by atoms with Crippen molar-refractivity contribution in [1.82, 2.24) is 5.32 Å². The first-order valence-electron chi connectivity index (χ1n) is 6.01. The summed E-state index contributed by atoms with van der Waals surface area (Å²) < 4.78 is 10.7. The summed E-state index contributed by atoms with van der Waals surface area (Å²) in [5.74, 6) is -0.0641. The van der Waals surface area contributed by atoms with Gasteiger partial charge in [-0.25, -0.2) is 0 Å². The highest BCUT2D eigenvalue weighted by atomic mass is 16.5. The van der Waals surface area contributed by atoms with Crippen LogP contribution in [-0.4, -0.2) is 37.9 Å². The molecule has 1 fully saturated rings. The summed E-state index contributed by atoms with van der Waals surface area (Å²) in [4.78, 5) is 11.7. The fraction of sp³-hybridized carbons (Fsp3) is 0.917. The molecule has 1 heterocycles. The Labute approximate surface area is 97.7 Å². The van der Waals surface area contributed by atoms with Gasteiger partial charge >= 0.3 is 0 Å². The molecule has 1 amide bonds. The number of ether oxygens (including phenoxy) is 2. The number of methoxy groups -OCH3 is 1. The summed E-state index contributed by atoms with van der Waals surface area (Å²) in [6, 6.07) is 0. The predicted octanol–water partition coefficient (Wildman–Crippen LogP) is 1.49. The molecule has 1 N–H and O–H groups in total. The molecule has 1 rings (SSSR count). The third kappa shape index (κ3) is 4.10. The zero-order chi connectivity index (χ0) is 12.0. The molecule has 1 unspecified atom stereocenters. The lowest BCUT2D eigenvalue weighted by Gasteiger charge is -2.24. The second-order valence-corrected chi connectivity index (χ2v) is 4.75. The Kier molecular flexibility index (Phi) is 5.22. The predicted molar refractivity (Wildman–Crippen MR) is 62.3 cm³/mol. The van der Waals surface area contributed by atoms with Crippen molar-refractivity contribution in [2.75, 3.05) is 20.3 Å². The topological polar surface area (TPSA) is 47.6 Å². The minimum atomic E-state index is -0.743. The summed E-state index contributed by atoms with van der Waals surface area (Å²) in [6.45, 7) is 5.05. The Bertz CT molecular complexity index is 222. The first-order valence-corrected chi connectivity index (χ1v) is 6.01. The number of carbonyl (C=O) groups excluding carboxylic acids is 1. The normalized spacial score (nSPS) is 21.8. The van der Waals surface area contributed by atoms with Gasteiger partial charge in [-0.15, -0.1) is 0 Å². The number of hydrogen-bond acceptors (Lipinski definition) is 3. The molecule has 1 saturated heterocycles. The van der Waals surface area contributed by atoms with Gasteiger partial charge in [-0.3, -0.25) is 4.79 Å². The molecule has 16 heavy (non-hydrogen) atoms. The van der Waals surface area contributed by atoms with Crippen molar-refractivity contribution in [2.45, 2.75) is 51.2 Å². The van der Waals surface area contributed by atoms with Crippen LogP contribution in [0.5, 0.6) is 0 Å². The Hall–Kier alpha value is -0.610. The van der Waals surface area contributed by atoms with Crippen molar-refractivity contribution < 1.29 is 14.3 Å². The summed E-state index contributed by atoms with van der Waals surface area (Å²) in [7, 11) is 1.55. The maximum absolute atomic E-state index is 11.7. The van der Waals surface area contributed by atoms with Gasteiger partial charge in [0.1, 0.15) is 5.60 Å². The van der Waals surface area contributed by atoms with Gasteiger partial charge in [-0.2, -0.15) is 0 Å².